The minimum Gasteiger partial charge on any atom is -0.467 e. The lowest BCUT2D eigenvalue weighted by Gasteiger charge is -2.36. The van der Waals surface area contributed by atoms with Gasteiger partial charge in [-0.25, -0.2) is 9.59 Å². The van der Waals surface area contributed by atoms with E-state index in [1.807, 2.05) is 18.7 Å². The number of carbonyl (C=O) groups excluding carboxylic acids is 2. The molecule has 1 aliphatic rings. The molecule has 28 heavy (non-hydrogen) atoms. The molecule has 0 unspecified atom stereocenters. The average molecular weight is 401 g/mol. The second-order valence-corrected chi connectivity index (χ2v) is 7.18. The van der Waals surface area contributed by atoms with Gasteiger partial charge in [-0.2, -0.15) is 13.2 Å². The van der Waals surface area contributed by atoms with Gasteiger partial charge in [-0.15, -0.1) is 0 Å². The largest absolute Gasteiger partial charge is 0.467 e. The highest BCUT2D eigenvalue weighted by atomic mass is 19.4. The van der Waals surface area contributed by atoms with Gasteiger partial charge in [0.2, 0.25) is 0 Å². The summed E-state index contributed by atoms with van der Waals surface area (Å²) in [6.07, 6.45) is -3.93. The van der Waals surface area contributed by atoms with Gasteiger partial charge in [-0.3, -0.25) is 0 Å². The van der Waals surface area contributed by atoms with Gasteiger partial charge in [-0.05, 0) is 30.5 Å². The number of piperazine rings is 1. The first-order valence-electron chi connectivity index (χ1n) is 9.17. The number of nitrogens with one attached hydrogen (secondary N) is 1. The maximum Gasteiger partial charge on any atom is 0.416 e. The number of methoxy groups -OCH3 is 1. The van der Waals surface area contributed by atoms with Crippen LogP contribution in [-0.2, 0) is 15.7 Å². The first-order valence-corrected chi connectivity index (χ1v) is 9.17. The summed E-state index contributed by atoms with van der Waals surface area (Å²) < 4.78 is 43.4. The van der Waals surface area contributed by atoms with Gasteiger partial charge < -0.3 is 19.9 Å². The van der Waals surface area contributed by atoms with Crippen LogP contribution in [0.4, 0.5) is 23.7 Å². The van der Waals surface area contributed by atoms with Crippen molar-refractivity contribution in [2.75, 3.05) is 38.2 Å². The normalized spacial score (nSPS) is 16.1. The van der Waals surface area contributed by atoms with E-state index < -0.39 is 23.8 Å². The fourth-order valence-electron chi connectivity index (χ4n) is 3.11. The smallest absolute Gasteiger partial charge is 0.416 e. The van der Waals surface area contributed by atoms with Crippen LogP contribution in [0.25, 0.3) is 0 Å². The standard InChI is InChI=1S/C19H26F3N3O3/c1-13(2)11-16(17(26)28-3)23-18(27)25-9-7-24(8-10-25)15-6-4-5-14(12-15)19(20,21)22/h4-6,12-13,16H,7-11H2,1-3H3,(H,23,27)/t16-/m1/s1. The summed E-state index contributed by atoms with van der Waals surface area (Å²) in [4.78, 5) is 27.7. The topological polar surface area (TPSA) is 61.9 Å². The number of urea groups is 1. The molecular formula is C19H26F3N3O3. The Hall–Kier alpha value is -2.45. The Morgan fingerprint density at radius 3 is 2.36 bits per heavy atom. The lowest BCUT2D eigenvalue weighted by atomic mass is 10.0. The van der Waals surface area contributed by atoms with Crippen molar-refractivity contribution >= 4 is 17.7 Å². The van der Waals surface area contributed by atoms with Gasteiger partial charge >= 0.3 is 18.2 Å². The third-order valence-corrected chi connectivity index (χ3v) is 4.60. The number of anilines is 1. The minimum atomic E-state index is -4.39. The van der Waals surface area contributed by atoms with E-state index in [2.05, 4.69) is 5.32 Å². The molecule has 0 aliphatic carbocycles. The van der Waals surface area contributed by atoms with Crippen LogP contribution in [-0.4, -0.2) is 56.2 Å². The van der Waals surface area contributed by atoms with E-state index in [1.165, 1.54) is 13.2 Å². The third-order valence-electron chi connectivity index (χ3n) is 4.60. The molecule has 0 spiro atoms. The van der Waals surface area contributed by atoms with Crippen LogP contribution in [0.2, 0.25) is 0 Å². The van der Waals surface area contributed by atoms with Crippen LogP contribution in [0.3, 0.4) is 0 Å². The fourth-order valence-corrected chi connectivity index (χ4v) is 3.11. The predicted molar refractivity (Wildman–Crippen MR) is 99.0 cm³/mol. The van der Waals surface area contributed by atoms with Crippen molar-refractivity contribution in [1.82, 2.24) is 10.2 Å². The van der Waals surface area contributed by atoms with E-state index in [-0.39, 0.29) is 11.9 Å². The molecule has 0 saturated carbocycles. The number of benzene rings is 1. The van der Waals surface area contributed by atoms with Crippen molar-refractivity contribution in [2.24, 2.45) is 5.92 Å². The van der Waals surface area contributed by atoms with Crippen LogP contribution < -0.4 is 10.2 Å². The van der Waals surface area contributed by atoms with Crippen molar-refractivity contribution in [1.29, 1.82) is 0 Å². The SMILES string of the molecule is COC(=O)[C@@H](CC(C)C)NC(=O)N1CCN(c2cccc(C(F)(F)F)c2)CC1. The molecule has 0 bridgehead atoms. The molecule has 156 valence electrons. The zero-order valence-electron chi connectivity index (χ0n) is 16.3. The van der Waals surface area contributed by atoms with E-state index in [0.717, 1.165) is 12.1 Å². The van der Waals surface area contributed by atoms with Crippen molar-refractivity contribution in [3.8, 4) is 0 Å². The molecule has 1 aromatic rings. The molecule has 1 aliphatic heterocycles. The lowest BCUT2D eigenvalue weighted by Crippen LogP contribution is -2.55. The van der Waals surface area contributed by atoms with E-state index in [9.17, 15) is 22.8 Å². The van der Waals surface area contributed by atoms with Crippen LogP contribution in [0.5, 0.6) is 0 Å². The second-order valence-electron chi connectivity index (χ2n) is 7.18. The molecule has 0 aromatic heterocycles. The number of esters is 1. The van der Waals surface area contributed by atoms with Crippen molar-refractivity contribution in [2.45, 2.75) is 32.5 Å². The van der Waals surface area contributed by atoms with Crippen molar-refractivity contribution in [3.05, 3.63) is 29.8 Å². The minimum absolute atomic E-state index is 0.196. The van der Waals surface area contributed by atoms with Crippen LogP contribution in [0.1, 0.15) is 25.8 Å². The van der Waals surface area contributed by atoms with Gasteiger partial charge in [0.05, 0.1) is 12.7 Å². The predicted octanol–water partition coefficient (Wildman–Crippen LogP) is 3.12. The molecule has 1 aromatic carbocycles. The first kappa shape index (κ1) is 21.8. The maximum atomic E-state index is 12.9. The van der Waals surface area contributed by atoms with E-state index >= 15 is 0 Å². The summed E-state index contributed by atoms with van der Waals surface area (Å²) >= 11 is 0. The highest BCUT2D eigenvalue weighted by Crippen LogP contribution is 2.31. The summed E-state index contributed by atoms with van der Waals surface area (Å²) in [6, 6.07) is 4.06. The summed E-state index contributed by atoms with van der Waals surface area (Å²) in [5, 5.41) is 2.70. The Balaban J connectivity index is 1.96. The van der Waals surface area contributed by atoms with E-state index in [0.29, 0.717) is 38.3 Å². The molecule has 1 fully saturated rings. The Kier molecular flexibility index (Phi) is 7.15. The summed E-state index contributed by atoms with van der Waals surface area (Å²) in [7, 11) is 1.27. The van der Waals surface area contributed by atoms with Gasteiger partial charge in [-0.1, -0.05) is 19.9 Å². The summed E-state index contributed by atoms with van der Waals surface area (Å²) in [6.45, 7) is 5.38. The van der Waals surface area contributed by atoms with E-state index in [1.54, 1.807) is 11.0 Å². The first-order chi connectivity index (χ1) is 13.1. The van der Waals surface area contributed by atoms with Crippen LogP contribution in [0, 0.1) is 5.92 Å². The molecule has 2 rings (SSSR count). The molecule has 2 amide bonds. The number of amides is 2. The molecule has 9 heteroatoms. The van der Waals surface area contributed by atoms with Crippen LogP contribution >= 0.6 is 0 Å². The zero-order valence-corrected chi connectivity index (χ0v) is 16.3. The quantitative estimate of drug-likeness (QED) is 0.770. The number of carbonyl (C=O) groups is 2. The number of hydrogen-bond donors (Lipinski definition) is 1. The van der Waals surface area contributed by atoms with E-state index in [4.69, 9.17) is 4.74 Å². The molecule has 1 saturated heterocycles. The Bertz CT molecular complexity index is 686. The number of nitrogens with zero attached hydrogens (tertiary/aromatic N) is 2. The molecule has 1 N–H and O–H groups in total. The van der Waals surface area contributed by atoms with Gasteiger partial charge in [0.25, 0.3) is 0 Å². The molecule has 1 atom stereocenters. The van der Waals surface area contributed by atoms with Gasteiger partial charge in [0.1, 0.15) is 6.04 Å². The summed E-state index contributed by atoms with van der Waals surface area (Å²) in [5.41, 5.74) is -0.220. The average Bonchev–Trinajstić information content (AvgIpc) is 2.66. The zero-order chi connectivity index (χ0) is 20.9. The summed E-state index contributed by atoms with van der Waals surface area (Å²) in [5.74, 6) is -0.299. The molecular weight excluding hydrogens is 375 g/mol. The molecule has 0 radical (unpaired) electrons. The van der Waals surface area contributed by atoms with Gasteiger partial charge in [0.15, 0.2) is 0 Å². The Labute approximate surface area is 162 Å². The number of hydrogen-bond acceptors (Lipinski definition) is 4. The number of rotatable bonds is 5. The Morgan fingerprint density at radius 1 is 1.18 bits per heavy atom. The maximum absolute atomic E-state index is 12.9. The molecule has 6 nitrogen and oxygen atoms in total. The molecule has 1 heterocycles. The highest BCUT2D eigenvalue weighted by Gasteiger charge is 2.31. The van der Waals surface area contributed by atoms with Crippen molar-refractivity contribution in [3.63, 3.8) is 0 Å². The Morgan fingerprint density at radius 2 is 1.82 bits per heavy atom. The number of alkyl halides is 3. The van der Waals surface area contributed by atoms with Crippen molar-refractivity contribution < 1.29 is 27.5 Å². The fraction of sp³-hybridized carbons (Fsp3) is 0.579. The van der Waals surface area contributed by atoms with Crippen LogP contribution in [0.15, 0.2) is 24.3 Å². The second kappa shape index (κ2) is 9.16. The van der Waals surface area contributed by atoms with Gasteiger partial charge in [0, 0.05) is 31.9 Å². The monoisotopic (exact) mass is 401 g/mol. The highest BCUT2D eigenvalue weighted by molar-refractivity contribution is 5.83. The number of ether oxygens (including phenoxy) is 1. The lowest BCUT2D eigenvalue weighted by molar-refractivity contribution is -0.143. The number of halogens is 3. The third kappa shape index (κ3) is 5.77.